The second-order valence-corrected chi connectivity index (χ2v) is 5.51. The highest BCUT2D eigenvalue weighted by atomic mass is 14.9. The second kappa shape index (κ2) is 4.36. The van der Waals surface area contributed by atoms with Gasteiger partial charge in [0.25, 0.3) is 0 Å². The maximum absolute atomic E-state index is 3.41. The van der Waals surface area contributed by atoms with Crippen LogP contribution in [-0.2, 0) is 0 Å². The molecule has 0 bridgehead atoms. The van der Waals surface area contributed by atoms with Gasteiger partial charge in [0.1, 0.15) is 0 Å². The van der Waals surface area contributed by atoms with Crippen molar-refractivity contribution in [2.75, 3.05) is 7.05 Å². The molecule has 15 heavy (non-hydrogen) atoms. The Morgan fingerprint density at radius 3 is 1.80 bits per heavy atom. The van der Waals surface area contributed by atoms with Gasteiger partial charge in [-0.3, -0.25) is 0 Å². The fraction of sp³-hybridized carbons (Fsp3) is 0.571. The van der Waals surface area contributed by atoms with Gasteiger partial charge in [0.05, 0.1) is 0 Å². The maximum Gasteiger partial charge on any atom is 0.0366 e. The molecule has 0 aliphatic rings. The first-order valence-corrected chi connectivity index (χ1v) is 5.60. The van der Waals surface area contributed by atoms with Crippen LogP contribution in [0.5, 0.6) is 0 Å². The third-order valence-corrected chi connectivity index (χ3v) is 2.73. The first-order valence-electron chi connectivity index (χ1n) is 5.60. The molecule has 1 N–H and O–H groups in total. The lowest BCUT2D eigenvalue weighted by molar-refractivity contribution is 0.287. The van der Waals surface area contributed by atoms with Crippen LogP contribution in [0.1, 0.15) is 43.5 Å². The second-order valence-electron chi connectivity index (χ2n) is 5.51. The zero-order chi connectivity index (χ0) is 11.6. The lowest BCUT2D eigenvalue weighted by atomic mass is 9.81. The van der Waals surface area contributed by atoms with Gasteiger partial charge in [0, 0.05) is 6.04 Å². The summed E-state index contributed by atoms with van der Waals surface area (Å²) in [6.07, 6.45) is 0. The molecule has 0 heterocycles. The Balaban J connectivity index is 3.13. The molecule has 1 atom stereocenters. The van der Waals surface area contributed by atoms with Gasteiger partial charge < -0.3 is 5.32 Å². The normalized spacial score (nSPS) is 14.0. The summed E-state index contributed by atoms with van der Waals surface area (Å²) in [4.78, 5) is 0. The van der Waals surface area contributed by atoms with Crippen molar-refractivity contribution in [3.8, 4) is 0 Å². The predicted octanol–water partition coefficient (Wildman–Crippen LogP) is 3.61. The quantitative estimate of drug-likeness (QED) is 0.777. The highest BCUT2D eigenvalue weighted by molar-refractivity contribution is 5.31. The zero-order valence-corrected chi connectivity index (χ0v) is 10.8. The van der Waals surface area contributed by atoms with Gasteiger partial charge >= 0.3 is 0 Å². The first kappa shape index (κ1) is 12.3. The molecule has 0 aliphatic carbocycles. The summed E-state index contributed by atoms with van der Waals surface area (Å²) in [5.74, 6) is 0. The average Bonchev–Trinajstić information content (AvgIpc) is 1.99. The smallest absolute Gasteiger partial charge is 0.0366 e. The SMILES string of the molecule is CNC(c1cc(C)cc(C)c1)C(C)(C)C. The molecule has 0 saturated carbocycles. The van der Waals surface area contributed by atoms with Gasteiger partial charge in [0.2, 0.25) is 0 Å². The maximum atomic E-state index is 3.41. The molecule has 0 fully saturated rings. The van der Waals surface area contributed by atoms with Crippen LogP contribution in [0.3, 0.4) is 0 Å². The molecule has 1 aromatic carbocycles. The average molecular weight is 205 g/mol. The van der Waals surface area contributed by atoms with Crippen molar-refractivity contribution in [3.63, 3.8) is 0 Å². The van der Waals surface area contributed by atoms with E-state index in [1.165, 1.54) is 16.7 Å². The van der Waals surface area contributed by atoms with E-state index >= 15 is 0 Å². The summed E-state index contributed by atoms with van der Waals surface area (Å²) in [6, 6.07) is 7.19. The van der Waals surface area contributed by atoms with Crippen LogP contribution in [-0.4, -0.2) is 7.05 Å². The number of nitrogens with one attached hydrogen (secondary N) is 1. The fourth-order valence-corrected chi connectivity index (χ4v) is 2.28. The van der Waals surface area contributed by atoms with Gasteiger partial charge in [-0.25, -0.2) is 0 Å². The van der Waals surface area contributed by atoms with Crippen LogP contribution < -0.4 is 5.32 Å². The van der Waals surface area contributed by atoms with E-state index in [0.717, 1.165) is 0 Å². The minimum Gasteiger partial charge on any atom is -0.313 e. The zero-order valence-electron chi connectivity index (χ0n) is 10.8. The third-order valence-electron chi connectivity index (χ3n) is 2.73. The molecular formula is C14H23N. The summed E-state index contributed by atoms with van der Waals surface area (Å²) < 4.78 is 0. The van der Waals surface area contributed by atoms with Gasteiger partial charge in [0.15, 0.2) is 0 Å². The van der Waals surface area contributed by atoms with Crippen molar-refractivity contribution in [1.29, 1.82) is 0 Å². The number of benzene rings is 1. The Kier molecular flexibility index (Phi) is 3.56. The van der Waals surface area contributed by atoms with Gasteiger partial charge in [-0.1, -0.05) is 50.1 Å². The highest BCUT2D eigenvalue weighted by Gasteiger charge is 2.24. The lowest BCUT2D eigenvalue weighted by Gasteiger charge is -2.31. The Morgan fingerprint density at radius 1 is 1.00 bits per heavy atom. The van der Waals surface area contributed by atoms with Crippen LogP contribution >= 0.6 is 0 Å². The molecule has 1 nitrogen and oxygen atoms in total. The number of hydrogen-bond donors (Lipinski definition) is 1. The van der Waals surface area contributed by atoms with Crippen molar-refractivity contribution in [2.45, 2.75) is 40.7 Å². The molecule has 84 valence electrons. The summed E-state index contributed by atoms with van der Waals surface area (Å²) in [6.45, 7) is 11.1. The Labute approximate surface area is 93.9 Å². The van der Waals surface area contributed by atoms with Crippen molar-refractivity contribution < 1.29 is 0 Å². The van der Waals surface area contributed by atoms with Crippen LogP contribution in [0.15, 0.2) is 18.2 Å². The Bertz CT molecular complexity index is 313. The summed E-state index contributed by atoms with van der Waals surface area (Å²) in [5, 5.41) is 3.41. The van der Waals surface area contributed by atoms with Gasteiger partial charge in [-0.15, -0.1) is 0 Å². The summed E-state index contributed by atoms with van der Waals surface area (Å²) in [5.41, 5.74) is 4.32. The molecule has 1 heteroatoms. The van der Waals surface area contributed by atoms with Gasteiger partial charge in [-0.2, -0.15) is 0 Å². The monoisotopic (exact) mass is 205 g/mol. The molecule has 1 rings (SSSR count). The number of hydrogen-bond acceptors (Lipinski definition) is 1. The van der Waals surface area contributed by atoms with Crippen LogP contribution in [0.2, 0.25) is 0 Å². The van der Waals surface area contributed by atoms with E-state index in [1.807, 2.05) is 7.05 Å². The van der Waals surface area contributed by atoms with Gasteiger partial charge in [-0.05, 0) is 31.9 Å². The number of aryl methyl sites for hydroxylation is 2. The van der Waals surface area contributed by atoms with Crippen molar-refractivity contribution >= 4 is 0 Å². The van der Waals surface area contributed by atoms with E-state index in [-0.39, 0.29) is 5.41 Å². The molecule has 0 aliphatic heterocycles. The minimum absolute atomic E-state index is 0.245. The summed E-state index contributed by atoms with van der Waals surface area (Å²) >= 11 is 0. The van der Waals surface area contributed by atoms with E-state index in [9.17, 15) is 0 Å². The third kappa shape index (κ3) is 3.07. The predicted molar refractivity (Wildman–Crippen MR) is 67.2 cm³/mol. The molecule has 0 amide bonds. The van der Waals surface area contributed by atoms with E-state index in [4.69, 9.17) is 0 Å². The highest BCUT2D eigenvalue weighted by Crippen LogP contribution is 2.33. The summed E-state index contributed by atoms with van der Waals surface area (Å²) in [7, 11) is 2.04. The van der Waals surface area contributed by atoms with E-state index in [1.54, 1.807) is 0 Å². The molecule has 1 unspecified atom stereocenters. The number of rotatable bonds is 2. The first-order chi connectivity index (χ1) is 6.84. The molecule has 0 aromatic heterocycles. The standard InChI is InChI=1S/C14H23N/c1-10-7-11(2)9-12(8-10)13(15-6)14(3,4)5/h7-9,13,15H,1-6H3. The minimum atomic E-state index is 0.245. The molecule has 0 saturated heterocycles. The molecule has 0 radical (unpaired) electrons. The van der Waals surface area contributed by atoms with Crippen LogP contribution in [0.25, 0.3) is 0 Å². The largest absolute Gasteiger partial charge is 0.313 e. The lowest BCUT2D eigenvalue weighted by Crippen LogP contribution is -2.29. The Hall–Kier alpha value is -0.820. The van der Waals surface area contributed by atoms with Crippen molar-refractivity contribution in [1.82, 2.24) is 5.32 Å². The van der Waals surface area contributed by atoms with Crippen molar-refractivity contribution in [3.05, 3.63) is 34.9 Å². The topological polar surface area (TPSA) is 12.0 Å². The molecule has 1 aromatic rings. The van der Waals surface area contributed by atoms with Crippen LogP contribution in [0, 0.1) is 19.3 Å². The molecular weight excluding hydrogens is 182 g/mol. The van der Waals surface area contributed by atoms with Crippen molar-refractivity contribution in [2.24, 2.45) is 5.41 Å². The Morgan fingerprint density at radius 2 is 1.47 bits per heavy atom. The van der Waals surface area contributed by atoms with E-state index in [2.05, 4.69) is 58.1 Å². The molecule has 0 spiro atoms. The van der Waals surface area contributed by atoms with E-state index < -0.39 is 0 Å². The van der Waals surface area contributed by atoms with Crippen LogP contribution in [0.4, 0.5) is 0 Å². The fourth-order valence-electron chi connectivity index (χ4n) is 2.28. The van der Waals surface area contributed by atoms with E-state index in [0.29, 0.717) is 6.04 Å².